The minimum absolute atomic E-state index is 0.550. The fourth-order valence-electron chi connectivity index (χ4n) is 2.00. The highest BCUT2D eigenvalue weighted by molar-refractivity contribution is 7.98. The van der Waals surface area contributed by atoms with Gasteiger partial charge in [-0.15, -0.1) is 11.8 Å². The Bertz CT molecular complexity index is 869. The van der Waals surface area contributed by atoms with Gasteiger partial charge in [0.05, 0.1) is 5.69 Å². The minimum atomic E-state index is -1.70. The lowest BCUT2D eigenvalue weighted by molar-refractivity contribution is -0.148. The molecule has 8 heteroatoms. The third-order valence-corrected chi connectivity index (χ3v) is 4.23. The van der Waals surface area contributed by atoms with E-state index in [1.165, 1.54) is 13.0 Å². The smallest absolute Gasteiger partial charge is 0.331 e. The maximum absolute atomic E-state index is 13.6. The number of halogens is 3. The van der Waals surface area contributed by atoms with Crippen molar-refractivity contribution in [1.82, 2.24) is 0 Å². The van der Waals surface area contributed by atoms with Crippen LogP contribution in [0.2, 0.25) is 0 Å². The summed E-state index contributed by atoms with van der Waals surface area (Å²) in [6, 6.07) is 8.97. The minimum Gasteiger partial charge on any atom is -0.449 e. The number of hydrogen-bond donors (Lipinski definition) is 1. The molecule has 1 N–H and O–H groups in total. The average Bonchev–Trinajstić information content (AvgIpc) is 2.67. The van der Waals surface area contributed by atoms with Gasteiger partial charge >= 0.3 is 5.97 Å². The van der Waals surface area contributed by atoms with Gasteiger partial charge in [0.25, 0.3) is 5.91 Å². The van der Waals surface area contributed by atoms with E-state index in [4.69, 9.17) is 4.74 Å². The summed E-state index contributed by atoms with van der Waals surface area (Å²) in [7, 11) is 0. The van der Waals surface area contributed by atoms with E-state index in [1.54, 1.807) is 11.8 Å². The second-order valence-electron chi connectivity index (χ2n) is 5.40. The number of nitrogens with one attached hydrogen (secondary N) is 1. The number of benzene rings is 2. The number of amides is 1. The Kier molecular flexibility index (Phi) is 7.06. The molecule has 0 bridgehead atoms. The second-order valence-corrected chi connectivity index (χ2v) is 6.28. The molecule has 142 valence electrons. The largest absolute Gasteiger partial charge is 0.449 e. The zero-order valence-corrected chi connectivity index (χ0v) is 15.3. The topological polar surface area (TPSA) is 55.4 Å². The fraction of sp³-hybridized carbons (Fsp3) is 0.158. The number of thioether (sulfide) groups is 1. The van der Waals surface area contributed by atoms with Crippen molar-refractivity contribution < 1.29 is 27.5 Å². The highest BCUT2D eigenvalue weighted by Crippen LogP contribution is 2.20. The van der Waals surface area contributed by atoms with Crippen molar-refractivity contribution >= 4 is 35.4 Å². The Balaban J connectivity index is 1.94. The zero-order chi connectivity index (χ0) is 20.0. The highest BCUT2D eigenvalue weighted by Gasteiger charge is 2.20. The quantitative estimate of drug-likeness (QED) is 0.341. The summed E-state index contributed by atoms with van der Waals surface area (Å²) in [6.07, 6.45) is 3.34. The molecule has 0 aromatic heterocycles. The van der Waals surface area contributed by atoms with Crippen LogP contribution in [0.3, 0.4) is 0 Å². The summed E-state index contributed by atoms with van der Waals surface area (Å²) in [5.41, 5.74) is 0.219. The van der Waals surface area contributed by atoms with Gasteiger partial charge in [-0.3, -0.25) is 4.79 Å². The standard InChI is InChI=1S/C19H16F3NO3S/c1-11(19(25)23-15-9-8-14(20)17(21)18(15)22)26-16(24)10-5-12-3-6-13(27-2)7-4-12/h3-11H,1-2H3,(H,23,25)/b10-5+/t11-/m1/s1. The Morgan fingerprint density at radius 3 is 2.37 bits per heavy atom. The predicted octanol–water partition coefficient (Wildman–Crippen LogP) is 4.41. The number of ether oxygens (including phenoxy) is 1. The molecule has 2 aromatic rings. The number of hydrogen-bond acceptors (Lipinski definition) is 4. The molecule has 2 rings (SSSR count). The van der Waals surface area contributed by atoms with Crippen LogP contribution in [0.4, 0.5) is 18.9 Å². The third-order valence-electron chi connectivity index (χ3n) is 3.48. The summed E-state index contributed by atoms with van der Waals surface area (Å²) in [5.74, 6) is -6.27. The van der Waals surface area contributed by atoms with Gasteiger partial charge in [0.1, 0.15) is 0 Å². The SMILES string of the molecule is CSc1ccc(/C=C/C(=O)O[C@H](C)C(=O)Nc2ccc(F)c(F)c2F)cc1. The molecule has 1 amide bonds. The number of anilines is 1. The molecule has 0 heterocycles. The first-order valence-corrected chi connectivity index (χ1v) is 9.01. The van der Waals surface area contributed by atoms with Crippen molar-refractivity contribution in [1.29, 1.82) is 0 Å². The molecular weight excluding hydrogens is 379 g/mol. The summed E-state index contributed by atoms with van der Waals surface area (Å²) < 4.78 is 44.5. The molecule has 0 aliphatic carbocycles. The van der Waals surface area contributed by atoms with E-state index in [1.807, 2.05) is 35.8 Å². The van der Waals surface area contributed by atoms with Crippen LogP contribution in [0.1, 0.15) is 12.5 Å². The fourth-order valence-corrected chi connectivity index (χ4v) is 2.41. The third kappa shape index (κ3) is 5.62. The monoisotopic (exact) mass is 395 g/mol. The van der Waals surface area contributed by atoms with Crippen molar-refractivity contribution in [2.75, 3.05) is 11.6 Å². The van der Waals surface area contributed by atoms with Gasteiger partial charge in [0.15, 0.2) is 23.6 Å². The van der Waals surface area contributed by atoms with Crippen LogP contribution < -0.4 is 5.32 Å². The van der Waals surface area contributed by atoms with Crippen molar-refractivity contribution in [3.63, 3.8) is 0 Å². The summed E-state index contributed by atoms with van der Waals surface area (Å²) in [5, 5.41) is 2.05. The average molecular weight is 395 g/mol. The predicted molar refractivity (Wildman–Crippen MR) is 97.8 cm³/mol. The van der Waals surface area contributed by atoms with Crippen LogP contribution >= 0.6 is 11.8 Å². The Labute approximate surface area is 158 Å². The molecule has 0 fully saturated rings. The molecule has 0 aliphatic rings. The van der Waals surface area contributed by atoms with Crippen molar-refractivity contribution in [3.8, 4) is 0 Å². The van der Waals surface area contributed by atoms with Gasteiger partial charge in [-0.1, -0.05) is 12.1 Å². The zero-order valence-electron chi connectivity index (χ0n) is 14.5. The molecule has 4 nitrogen and oxygen atoms in total. The molecule has 0 saturated carbocycles. The lowest BCUT2D eigenvalue weighted by atomic mass is 10.2. The lowest BCUT2D eigenvalue weighted by Crippen LogP contribution is -2.29. The first-order chi connectivity index (χ1) is 12.8. The molecule has 0 spiro atoms. The summed E-state index contributed by atoms with van der Waals surface area (Å²) in [6.45, 7) is 1.27. The van der Waals surface area contributed by atoms with Crippen LogP contribution in [0.5, 0.6) is 0 Å². The Hall–Kier alpha value is -2.74. The van der Waals surface area contributed by atoms with E-state index < -0.39 is 41.1 Å². The van der Waals surface area contributed by atoms with E-state index in [-0.39, 0.29) is 0 Å². The highest BCUT2D eigenvalue weighted by atomic mass is 32.2. The Morgan fingerprint density at radius 1 is 1.07 bits per heavy atom. The van der Waals surface area contributed by atoms with Crippen LogP contribution in [0.15, 0.2) is 47.4 Å². The summed E-state index contributed by atoms with van der Waals surface area (Å²) >= 11 is 1.59. The van der Waals surface area contributed by atoms with Gasteiger partial charge in [-0.05, 0) is 49.1 Å². The normalized spacial score (nSPS) is 12.0. The summed E-state index contributed by atoms with van der Waals surface area (Å²) in [4.78, 5) is 24.8. The molecule has 1 atom stereocenters. The number of rotatable bonds is 6. The van der Waals surface area contributed by atoms with Crippen LogP contribution in [0, 0.1) is 17.5 Å². The van der Waals surface area contributed by atoms with Gasteiger partial charge in [0, 0.05) is 11.0 Å². The second kappa shape index (κ2) is 9.27. The van der Waals surface area contributed by atoms with Crippen molar-refractivity contribution in [2.45, 2.75) is 17.9 Å². The van der Waals surface area contributed by atoms with E-state index in [2.05, 4.69) is 0 Å². The molecule has 0 radical (unpaired) electrons. The molecule has 2 aromatic carbocycles. The first kappa shape index (κ1) is 20.6. The molecular formula is C19H16F3NO3S. The van der Waals surface area contributed by atoms with Gasteiger partial charge in [-0.2, -0.15) is 0 Å². The van der Waals surface area contributed by atoms with Gasteiger partial charge in [0.2, 0.25) is 0 Å². The Morgan fingerprint density at radius 2 is 1.74 bits per heavy atom. The van der Waals surface area contributed by atoms with Crippen molar-refractivity contribution in [3.05, 3.63) is 65.5 Å². The first-order valence-electron chi connectivity index (χ1n) is 7.79. The van der Waals surface area contributed by atoms with Crippen molar-refractivity contribution in [2.24, 2.45) is 0 Å². The molecule has 0 saturated heterocycles. The van der Waals surface area contributed by atoms with Gasteiger partial charge < -0.3 is 10.1 Å². The van der Waals surface area contributed by atoms with E-state index >= 15 is 0 Å². The van der Waals surface area contributed by atoms with E-state index in [0.717, 1.165) is 22.6 Å². The number of carbonyl (C=O) groups excluding carboxylic acids is 2. The molecule has 0 aliphatic heterocycles. The van der Waals surface area contributed by atoms with Crippen LogP contribution in [-0.2, 0) is 14.3 Å². The maximum atomic E-state index is 13.6. The van der Waals surface area contributed by atoms with E-state index in [9.17, 15) is 22.8 Å². The lowest BCUT2D eigenvalue weighted by Gasteiger charge is -2.13. The van der Waals surface area contributed by atoms with Crippen LogP contribution in [0.25, 0.3) is 6.08 Å². The maximum Gasteiger partial charge on any atom is 0.331 e. The van der Waals surface area contributed by atoms with E-state index in [0.29, 0.717) is 6.07 Å². The molecule has 27 heavy (non-hydrogen) atoms. The van der Waals surface area contributed by atoms with Gasteiger partial charge in [-0.25, -0.2) is 18.0 Å². The molecule has 0 unspecified atom stereocenters. The van der Waals surface area contributed by atoms with Crippen LogP contribution in [-0.4, -0.2) is 24.2 Å². The number of esters is 1. The number of carbonyl (C=O) groups is 2.